The number of piperidine rings is 1. The van der Waals surface area contributed by atoms with E-state index in [9.17, 15) is 9.59 Å². The molecule has 1 amide bonds. The minimum atomic E-state index is -0.324. The fraction of sp³-hybridized carbons (Fsp3) is 0.500. The Bertz CT molecular complexity index is 1580. The summed E-state index contributed by atoms with van der Waals surface area (Å²) in [6.45, 7) is 8.32. The maximum absolute atomic E-state index is 14.2. The van der Waals surface area contributed by atoms with Gasteiger partial charge in [-0.25, -0.2) is 8.97 Å². The van der Waals surface area contributed by atoms with Crippen molar-refractivity contribution in [1.82, 2.24) is 24.1 Å². The molecule has 2 atom stereocenters. The van der Waals surface area contributed by atoms with Crippen LogP contribution in [0.25, 0.3) is 21.7 Å². The van der Waals surface area contributed by atoms with E-state index in [4.69, 9.17) is 9.47 Å². The molecule has 0 radical (unpaired) electrons. The Morgan fingerprint density at radius 2 is 1.87 bits per heavy atom. The van der Waals surface area contributed by atoms with Crippen LogP contribution in [0.15, 0.2) is 34.2 Å². The lowest BCUT2D eigenvalue weighted by atomic mass is 9.96. The van der Waals surface area contributed by atoms with Crippen molar-refractivity contribution < 1.29 is 14.3 Å². The first kappa shape index (κ1) is 26.3. The van der Waals surface area contributed by atoms with Crippen LogP contribution in [-0.2, 0) is 22.6 Å². The van der Waals surface area contributed by atoms with E-state index in [0.29, 0.717) is 46.7 Å². The molecule has 206 valence electrons. The molecule has 5 heterocycles. The van der Waals surface area contributed by atoms with Gasteiger partial charge in [-0.05, 0) is 61.9 Å². The molecule has 0 saturated carbocycles. The topological polar surface area (TPSA) is 91.0 Å². The molecule has 1 aromatic carbocycles. The molecule has 4 aromatic rings. The predicted molar refractivity (Wildman–Crippen MR) is 153 cm³/mol. The molecule has 2 aliphatic heterocycles. The fourth-order valence-electron chi connectivity index (χ4n) is 5.49. The highest BCUT2D eigenvalue weighted by Gasteiger charge is 2.31. The van der Waals surface area contributed by atoms with Gasteiger partial charge in [0.05, 0.1) is 36.1 Å². The normalized spacial score (nSPS) is 18.6. The molecule has 9 nitrogen and oxygen atoms in total. The van der Waals surface area contributed by atoms with Gasteiger partial charge < -0.3 is 14.4 Å². The molecule has 11 heteroatoms. The maximum Gasteiger partial charge on any atom is 0.268 e. The summed E-state index contributed by atoms with van der Waals surface area (Å²) in [5, 5.41) is 9.98. The average Bonchev–Trinajstić information content (AvgIpc) is 3.54. The molecule has 39 heavy (non-hydrogen) atoms. The third-order valence-corrected chi connectivity index (χ3v) is 9.94. The van der Waals surface area contributed by atoms with Gasteiger partial charge in [-0.2, -0.15) is 0 Å². The summed E-state index contributed by atoms with van der Waals surface area (Å²) >= 11 is 2.97. The van der Waals surface area contributed by atoms with Crippen LogP contribution in [0.1, 0.15) is 50.5 Å². The number of carbonyl (C=O) groups excluding carboxylic acids is 1. The Morgan fingerprint density at radius 1 is 1.13 bits per heavy atom. The number of fused-ring (bicyclic) bond motifs is 5. The van der Waals surface area contributed by atoms with Crippen LogP contribution >= 0.6 is 23.1 Å². The summed E-state index contributed by atoms with van der Waals surface area (Å²) in [6, 6.07) is 7.38. The second-order valence-electron chi connectivity index (χ2n) is 10.6. The lowest BCUT2D eigenvalue weighted by molar-refractivity contribution is -0.131. The second kappa shape index (κ2) is 10.6. The quantitative estimate of drug-likeness (QED) is 0.312. The van der Waals surface area contributed by atoms with Gasteiger partial charge in [-0.1, -0.05) is 25.6 Å². The van der Waals surface area contributed by atoms with Gasteiger partial charge in [0.15, 0.2) is 5.16 Å². The van der Waals surface area contributed by atoms with E-state index in [-0.39, 0.29) is 22.8 Å². The highest BCUT2D eigenvalue weighted by atomic mass is 32.2. The standard InChI is InChI=1S/C28H33N5O4S2/c1-16(2)21-14-20-22(15-37-21)39-26-23(20)25(35)32(18-8-10-19(36-4)11-9-18)27-29-30-28(33(26)27)38-17(3)24(34)31-12-6-5-7-13-31/h8-11,16-17,21H,5-7,12-15H2,1-4H3/t17-,21+/m0/s1. The highest BCUT2D eigenvalue weighted by Crippen LogP contribution is 2.38. The maximum atomic E-state index is 14.2. The van der Waals surface area contributed by atoms with Crippen LogP contribution in [0.5, 0.6) is 5.75 Å². The second-order valence-corrected chi connectivity index (χ2v) is 13.0. The molecule has 0 spiro atoms. The van der Waals surface area contributed by atoms with E-state index in [2.05, 4.69) is 24.0 Å². The van der Waals surface area contributed by atoms with Gasteiger partial charge in [0.25, 0.3) is 5.56 Å². The number of likely N-dealkylation sites (tertiary alicyclic amines) is 1. The Balaban J connectivity index is 1.52. The van der Waals surface area contributed by atoms with E-state index in [1.54, 1.807) is 23.0 Å². The molecular formula is C28H33N5O4S2. The summed E-state index contributed by atoms with van der Waals surface area (Å²) in [5.41, 5.74) is 1.61. The van der Waals surface area contributed by atoms with E-state index in [1.165, 1.54) is 18.2 Å². The van der Waals surface area contributed by atoms with Gasteiger partial charge in [0.2, 0.25) is 11.7 Å². The largest absolute Gasteiger partial charge is 0.497 e. The zero-order chi connectivity index (χ0) is 27.3. The molecule has 0 aliphatic carbocycles. The molecule has 6 rings (SSSR count). The molecule has 1 saturated heterocycles. The van der Waals surface area contributed by atoms with Crippen molar-refractivity contribution in [3.05, 3.63) is 45.1 Å². The number of nitrogens with zero attached hydrogens (tertiary/aromatic N) is 5. The third-order valence-electron chi connectivity index (χ3n) is 7.71. The SMILES string of the molecule is COc1ccc(-n2c(=O)c3c4c(sc3n3c(S[C@@H](C)C(=O)N5CCCCC5)nnc23)CO[C@@H](C(C)C)C4)cc1. The smallest absolute Gasteiger partial charge is 0.268 e. The number of hydrogen-bond donors (Lipinski definition) is 0. The van der Waals surface area contributed by atoms with E-state index >= 15 is 0 Å². The van der Waals surface area contributed by atoms with Crippen molar-refractivity contribution in [2.75, 3.05) is 20.2 Å². The molecule has 0 bridgehead atoms. The van der Waals surface area contributed by atoms with Crippen LogP contribution in [0.3, 0.4) is 0 Å². The summed E-state index contributed by atoms with van der Waals surface area (Å²) in [5.74, 6) is 1.59. The molecule has 0 unspecified atom stereocenters. The first-order chi connectivity index (χ1) is 18.9. The van der Waals surface area contributed by atoms with Gasteiger partial charge in [0.1, 0.15) is 10.6 Å². The van der Waals surface area contributed by atoms with E-state index in [0.717, 1.165) is 41.2 Å². The van der Waals surface area contributed by atoms with Crippen LogP contribution in [0.4, 0.5) is 0 Å². The molecule has 1 fully saturated rings. The Morgan fingerprint density at radius 3 is 2.56 bits per heavy atom. The summed E-state index contributed by atoms with van der Waals surface area (Å²) in [4.78, 5) is 31.3. The number of methoxy groups -OCH3 is 1. The minimum Gasteiger partial charge on any atom is -0.497 e. The first-order valence-corrected chi connectivity index (χ1v) is 15.2. The van der Waals surface area contributed by atoms with Gasteiger partial charge in [-0.3, -0.25) is 9.59 Å². The Labute approximate surface area is 235 Å². The number of hydrogen-bond acceptors (Lipinski definition) is 8. The number of thioether (sulfide) groups is 1. The summed E-state index contributed by atoms with van der Waals surface area (Å²) in [6.07, 6.45) is 4.01. The highest BCUT2D eigenvalue weighted by molar-refractivity contribution is 8.00. The number of carbonyl (C=O) groups is 1. The first-order valence-electron chi connectivity index (χ1n) is 13.5. The average molecular weight is 568 g/mol. The Hall–Kier alpha value is -2.89. The van der Waals surface area contributed by atoms with Crippen LogP contribution in [-0.4, -0.2) is 61.5 Å². The van der Waals surface area contributed by atoms with E-state index in [1.807, 2.05) is 40.5 Å². The van der Waals surface area contributed by atoms with Crippen molar-refractivity contribution in [3.63, 3.8) is 0 Å². The molecule has 0 N–H and O–H groups in total. The van der Waals surface area contributed by atoms with Crippen molar-refractivity contribution in [2.45, 2.75) is 69.6 Å². The van der Waals surface area contributed by atoms with Gasteiger partial charge in [0, 0.05) is 24.4 Å². The number of thiophene rings is 1. The number of rotatable bonds is 6. The minimum absolute atomic E-state index is 0.0526. The van der Waals surface area contributed by atoms with Crippen LogP contribution < -0.4 is 10.3 Å². The number of amides is 1. The van der Waals surface area contributed by atoms with Crippen molar-refractivity contribution >= 4 is 45.0 Å². The monoisotopic (exact) mass is 567 g/mol. The lowest BCUT2D eigenvalue weighted by Gasteiger charge is -2.28. The number of benzene rings is 1. The zero-order valence-corrected chi connectivity index (χ0v) is 24.3. The summed E-state index contributed by atoms with van der Waals surface area (Å²) in [7, 11) is 1.62. The molecule has 2 aliphatic rings. The van der Waals surface area contributed by atoms with Crippen molar-refractivity contribution in [3.8, 4) is 11.4 Å². The van der Waals surface area contributed by atoms with Crippen LogP contribution in [0.2, 0.25) is 0 Å². The van der Waals surface area contributed by atoms with E-state index < -0.39 is 0 Å². The van der Waals surface area contributed by atoms with Gasteiger partial charge >= 0.3 is 0 Å². The van der Waals surface area contributed by atoms with Crippen molar-refractivity contribution in [1.29, 1.82) is 0 Å². The predicted octanol–water partition coefficient (Wildman–Crippen LogP) is 4.69. The summed E-state index contributed by atoms with van der Waals surface area (Å²) < 4.78 is 15.1. The third kappa shape index (κ3) is 4.64. The number of ether oxygens (including phenoxy) is 2. The molecular weight excluding hydrogens is 534 g/mol. The zero-order valence-electron chi connectivity index (χ0n) is 22.7. The molecule has 3 aromatic heterocycles. The van der Waals surface area contributed by atoms with Crippen LogP contribution in [0, 0.1) is 5.92 Å². The Kier molecular flexibility index (Phi) is 7.15. The van der Waals surface area contributed by atoms with Crippen molar-refractivity contribution in [2.24, 2.45) is 5.92 Å². The lowest BCUT2D eigenvalue weighted by Crippen LogP contribution is -2.40. The number of aromatic nitrogens is 4. The van der Waals surface area contributed by atoms with Gasteiger partial charge in [-0.15, -0.1) is 21.5 Å². The fourth-order valence-corrected chi connectivity index (χ4v) is 7.72.